The molecule has 0 fully saturated rings. The highest BCUT2D eigenvalue weighted by atomic mass is 79.9. The second-order valence-corrected chi connectivity index (χ2v) is 6.58. The van der Waals surface area contributed by atoms with Crippen molar-refractivity contribution in [2.75, 3.05) is 7.11 Å². The van der Waals surface area contributed by atoms with Gasteiger partial charge in [-0.05, 0) is 30.3 Å². The zero-order chi connectivity index (χ0) is 15.0. The number of aromatic nitrogens is 2. The van der Waals surface area contributed by atoms with Gasteiger partial charge in [-0.15, -0.1) is 11.6 Å². The first-order chi connectivity index (χ1) is 10.1. The number of ether oxygens (including phenoxy) is 1. The van der Waals surface area contributed by atoms with Gasteiger partial charge in [-0.2, -0.15) is 0 Å². The molecule has 0 N–H and O–H groups in total. The predicted octanol–water partition coefficient (Wildman–Crippen LogP) is 5.30. The van der Waals surface area contributed by atoms with Crippen LogP contribution < -0.4 is 4.74 Å². The summed E-state index contributed by atoms with van der Waals surface area (Å²) in [6, 6.07) is 11.9. The number of benzene rings is 2. The molecule has 0 bridgehead atoms. The van der Waals surface area contributed by atoms with E-state index in [0.717, 1.165) is 37.2 Å². The van der Waals surface area contributed by atoms with Crippen molar-refractivity contribution in [3.8, 4) is 11.4 Å². The Morgan fingerprint density at radius 3 is 2.67 bits per heavy atom. The van der Waals surface area contributed by atoms with Gasteiger partial charge in [0.1, 0.15) is 11.6 Å². The van der Waals surface area contributed by atoms with Crippen LogP contribution in [0.2, 0.25) is 0 Å². The molecule has 21 heavy (non-hydrogen) atoms. The van der Waals surface area contributed by atoms with Crippen LogP contribution in [0.3, 0.4) is 0 Å². The molecule has 0 radical (unpaired) electrons. The Hall–Kier alpha value is -1.04. The van der Waals surface area contributed by atoms with E-state index in [1.165, 1.54) is 0 Å². The fourth-order valence-electron chi connectivity index (χ4n) is 2.28. The molecule has 0 aliphatic carbocycles. The van der Waals surface area contributed by atoms with Crippen LogP contribution in [0.15, 0.2) is 45.3 Å². The topological polar surface area (TPSA) is 27.1 Å². The van der Waals surface area contributed by atoms with Crippen LogP contribution in [-0.4, -0.2) is 16.7 Å². The number of imidazole rings is 1. The van der Waals surface area contributed by atoms with Gasteiger partial charge in [-0.25, -0.2) is 4.98 Å². The normalized spacial score (nSPS) is 11.0. The quantitative estimate of drug-likeness (QED) is 0.528. The van der Waals surface area contributed by atoms with E-state index in [2.05, 4.69) is 36.8 Å². The zero-order valence-electron chi connectivity index (χ0n) is 11.1. The van der Waals surface area contributed by atoms with Gasteiger partial charge < -0.3 is 4.74 Å². The van der Waals surface area contributed by atoms with Crippen molar-refractivity contribution in [2.45, 2.75) is 5.88 Å². The Kier molecular flexibility index (Phi) is 4.24. The lowest BCUT2D eigenvalue weighted by atomic mass is 10.2. The molecule has 0 unspecified atom stereocenters. The highest BCUT2D eigenvalue weighted by Crippen LogP contribution is 2.29. The van der Waals surface area contributed by atoms with Crippen molar-refractivity contribution in [3.63, 3.8) is 0 Å². The molecular weight excluding hydrogens is 419 g/mol. The molecule has 6 heteroatoms. The first kappa shape index (κ1) is 14.9. The lowest BCUT2D eigenvalue weighted by Crippen LogP contribution is -2.00. The van der Waals surface area contributed by atoms with E-state index in [4.69, 9.17) is 16.3 Å². The summed E-state index contributed by atoms with van der Waals surface area (Å²) in [7, 11) is 1.65. The Bertz CT molecular complexity index is 817. The van der Waals surface area contributed by atoms with Crippen molar-refractivity contribution >= 4 is 54.5 Å². The predicted molar refractivity (Wildman–Crippen MR) is 92.6 cm³/mol. The Morgan fingerprint density at radius 1 is 1.14 bits per heavy atom. The number of nitrogens with zero attached hydrogens (tertiary/aromatic N) is 2. The third kappa shape index (κ3) is 2.82. The van der Waals surface area contributed by atoms with Gasteiger partial charge in [0.15, 0.2) is 0 Å². The van der Waals surface area contributed by atoms with Crippen LogP contribution in [-0.2, 0) is 5.88 Å². The minimum Gasteiger partial charge on any atom is -0.497 e. The maximum atomic E-state index is 6.07. The molecule has 1 aromatic heterocycles. The number of halogens is 3. The fraction of sp³-hybridized carbons (Fsp3) is 0.133. The second kappa shape index (κ2) is 5.99. The second-order valence-electron chi connectivity index (χ2n) is 4.48. The number of fused-ring (bicyclic) bond motifs is 1. The van der Waals surface area contributed by atoms with Gasteiger partial charge in [-0.1, -0.05) is 31.9 Å². The fourth-order valence-corrected chi connectivity index (χ4v) is 3.26. The average Bonchev–Trinajstić information content (AvgIpc) is 2.83. The van der Waals surface area contributed by atoms with Gasteiger partial charge in [-0.3, -0.25) is 4.57 Å². The molecule has 0 aliphatic heterocycles. The molecule has 0 aliphatic rings. The van der Waals surface area contributed by atoms with E-state index < -0.39 is 0 Å². The van der Waals surface area contributed by atoms with E-state index in [1.54, 1.807) is 7.11 Å². The van der Waals surface area contributed by atoms with E-state index >= 15 is 0 Å². The van der Waals surface area contributed by atoms with Gasteiger partial charge in [0, 0.05) is 15.0 Å². The standard InChI is InChI=1S/C15H11Br2ClN2O/c1-21-12-5-10(17)4-11(7-12)20-14-3-2-9(16)6-13(14)19-15(20)8-18/h2-7H,8H2,1H3. The average molecular weight is 431 g/mol. The van der Waals surface area contributed by atoms with E-state index in [1.807, 2.05) is 41.0 Å². The summed E-state index contributed by atoms with van der Waals surface area (Å²) in [6.45, 7) is 0. The van der Waals surface area contributed by atoms with Crippen LogP contribution >= 0.6 is 43.5 Å². The Balaban J connectivity index is 2.30. The molecule has 0 spiro atoms. The minimum absolute atomic E-state index is 0.334. The third-order valence-electron chi connectivity index (χ3n) is 3.16. The van der Waals surface area contributed by atoms with Crippen LogP contribution in [0.5, 0.6) is 5.75 Å². The van der Waals surface area contributed by atoms with E-state index in [-0.39, 0.29) is 0 Å². The molecule has 0 saturated heterocycles. The molecular formula is C15H11Br2ClN2O. The molecule has 1 heterocycles. The van der Waals surface area contributed by atoms with Crippen molar-refractivity contribution in [1.82, 2.24) is 9.55 Å². The smallest absolute Gasteiger partial charge is 0.129 e. The molecule has 0 saturated carbocycles. The van der Waals surface area contributed by atoms with Gasteiger partial charge in [0.2, 0.25) is 0 Å². The third-order valence-corrected chi connectivity index (χ3v) is 4.35. The van der Waals surface area contributed by atoms with Crippen LogP contribution in [0.4, 0.5) is 0 Å². The molecule has 3 nitrogen and oxygen atoms in total. The summed E-state index contributed by atoms with van der Waals surface area (Å²) < 4.78 is 9.31. The lowest BCUT2D eigenvalue weighted by molar-refractivity contribution is 0.414. The Labute approximate surface area is 144 Å². The summed E-state index contributed by atoms with van der Waals surface area (Å²) in [6.07, 6.45) is 0. The van der Waals surface area contributed by atoms with E-state index in [0.29, 0.717) is 5.88 Å². The van der Waals surface area contributed by atoms with Crippen LogP contribution in [0.25, 0.3) is 16.7 Å². The monoisotopic (exact) mass is 428 g/mol. The highest BCUT2D eigenvalue weighted by molar-refractivity contribution is 9.10. The molecule has 2 aromatic carbocycles. The van der Waals surface area contributed by atoms with Crippen molar-refractivity contribution in [3.05, 3.63) is 51.2 Å². The molecule has 108 valence electrons. The first-order valence-corrected chi connectivity index (χ1v) is 8.32. The summed E-state index contributed by atoms with van der Waals surface area (Å²) in [5.74, 6) is 1.91. The highest BCUT2D eigenvalue weighted by Gasteiger charge is 2.13. The van der Waals surface area contributed by atoms with Crippen molar-refractivity contribution in [1.29, 1.82) is 0 Å². The molecule has 0 atom stereocenters. The van der Waals surface area contributed by atoms with Crippen LogP contribution in [0, 0.1) is 0 Å². The zero-order valence-corrected chi connectivity index (χ0v) is 15.0. The summed E-state index contributed by atoms with van der Waals surface area (Å²) >= 11 is 13.0. The van der Waals surface area contributed by atoms with Crippen molar-refractivity contribution < 1.29 is 4.74 Å². The summed E-state index contributed by atoms with van der Waals surface area (Å²) in [5, 5.41) is 0. The number of hydrogen-bond acceptors (Lipinski definition) is 2. The number of methoxy groups -OCH3 is 1. The Morgan fingerprint density at radius 2 is 1.95 bits per heavy atom. The molecule has 3 rings (SSSR count). The maximum absolute atomic E-state index is 6.07. The maximum Gasteiger partial charge on any atom is 0.129 e. The van der Waals surface area contributed by atoms with Gasteiger partial charge >= 0.3 is 0 Å². The SMILES string of the molecule is COc1cc(Br)cc(-n2c(CCl)nc3cc(Br)ccc32)c1. The summed E-state index contributed by atoms with van der Waals surface area (Å²) in [4.78, 5) is 4.60. The number of rotatable bonds is 3. The van der Waals surface area contributed by atoms with E-state index in [9.17, 15) is 0 Å². The van der Waals surface area contributed by atoms with Gasteiger partial charge in [0.25, 0.3) is 0 Å². The largest absolute Gasteiger partial charge is 0.497 e. The summed E-state index contributed by atoms with van der Waals surface area (Å²) in [5.41, 5.74) is 2.87. The van der Waals surface area contributed by atoms with Crippen LogP contribution in [0.1, 0.15) is 5.82 Å². The lowest BCUT2D eigenvalue weighted by Gasteiger charge is -2.10. The molecule has 0 amide bonds. The first-order valence-electron chi connectivity index (χ1n) is 6.20. The molecule has 3 aromatic rings. The number of hydrogen-bond donors (Lipinski definition) is 0. The number of alkyl halides is 1. The minimum atomic E-state index is 0.334. The van der Waals surface area contributed by atoms with Gasteiger partial charge in [0.05, 0.1) is 29.7 Å². The van der Waals surface area contributed by atoms with Crippen molar-refractivity contribution in [2.24, 2.45) is 0 Å².